The van der Waals surface area contributed by atoms with Gasteiger partial charge >= 0.3 is 0 Å². The number of piperidine rings is 1. The molecule has 5 nitrogen and oxygen atoms in total. The Labute approximate surface area is 141 Å². The summed E-state index contributed by atoms with van der Waals surface area (Å²) < 4.78 is 13.0. The third-order valence-corrected chi connectivity index (χ3v) is 4.34. The topological polar surface area (TPSA) is 52.7 Å². The van der Waals surface area contributed by atoms with Crippen LogP contribution in [-0.4, -0.2) is 60.4 Å². The maximum atomic E-state index is 13.0. The number of halogens is 2. The van der Waals surface area contributed by atoms with Crippen LogP contribution in [0.4, 0.5) is 4.39 Å². The monoisotopic (exact) mass is 341 g/mol. The first kappa shape index (κ1) is 17.7. The van der Waals surface area contributed by atoms with Crippen LogP contribution in [0.15, 0.2) is 24.3 Å². The summed E-state index contributed by atoms with van der Waals surface area (Å²) in [6.45, 7) is 3.12. The molecule has 0 aliphatic carbocycles. The molecular formula is C16H21ClFN3O2. The summed E-state index contributed by atoms with van der Waals surface area (Å²) in [4.78, 5) is 28.2. The molecule has 0 saturated carbocycles. The molecule has 0 aromatic heterocycles. The molecule has 2 aliphatic heterocycles. The van der Waals surface area contributed by atoms with Gasteiger partial charge in [0.05, 0.1) is 6.54 Å². The van der Waals surface area contributed by atoms with Gasteiger partial charge in [0.1, 0.15) is 5.82 Å². The zero-order valence-corrected chi connectivity index (χ0v) is 13.7. The number of hydrogen-bond acceptors (Lipinski definition) is 3. The fourth-order valence-corrected chi connectivity index (χ4v) is 3.18. The number of carbonyl (C=O) groups excluding carboxylic acids is 2. The fraction of sp³-hybridized carbons (Fsp3) is 0.500. The third kappa shape index (κ3) is 4.00. The SMILES string of the molecule is Cl.O=C(c1ccc(F)cc1)N1CCCC(N2CCNCC2=O)C1. The van der Waals surface area contributed by atoms with Crippen molar-refractivity contribution in [2.45, 2.75) is 18.9 Å². The summed E-state index contributed by atoms with van der Waals surface area (Å²) in [6, 6.07) is 5.71. The van der Waals surface area contributed by atoms with Crippen molar-refractivity contribution in [3.63, 3.8) is 0 Å². The van der Waals surface area contributed by atoms with Crippen molar-refractivity contribution in [3.8, 4) is 0 Å². The van der Waals surface area contributed by atoms with Gasteiger partial charge in [0.25, 0.3) is 5.91 Å². The Morgan fingerprint density at radius 2 is 1.96 bits per heavy atom. The molecular weight excluding hydrogens is 321 g/mol. The van der Waals surface area contributed by atoms with E-state index in [-0.39, 0.29) is 36.1 Å². The molecule has 7 heteroatoms. The summed E-state index contributed by atoms with van der Waals surface area (Å²) in [7, 11) is 0. The van der Waals surface area contributed by atoms with Crippen LogP contribution < -0.4 is 5.32 Å². The minimum Gasteiger partial charge on any atom is -0.337 e. The summed E-state index contributed by atoms with van der Waals surface area (Å²) >= 11 is 0. The highest BCUT2D eigenvalue weighted by Gasteiger charge is 2.31. The number of amides is 2. The molecule has 2 heterocycles. The van der Waals surface area contributed by atoms with Crippen molar-refractivity contribution in [3.05, 3.63) is 35.6 Å². The normalized spacial score (nSPS) is 21.8. The molecule has 2 saturated heterocycles. The first-order valence-corrected chi connectivity index (χ1v) is 7.70. The predicted octanol–water partition coefficient (Wildman–Crippen LogP) is 1.28. The number of nitrogens with zero attached hydrogens (tertiary/aromatic N) is 2. The number of likely N-dealkylation sites (tertiary alicyclic amines) is 1. The Morgan fingerprint density at radius 1 is 1.22 bits per heavy atom. The summed E-state index contributed by atoms with van der Waals surface area (Å²) in [5, 5.41) is 3.06. The van der Waals surface area contributed by atoms with Gasteiger partial charge in [-0.2, -0.15) is 0 Å². The molecule has 0 spiro atoms. The van der Waals surface area contributed by atoms with Gasteiger partial charge in [-0.1, -0.05) is 0 Å². The van der Waals surface area contributed by atoms with Gasteiger partial charge in [-0.25, -0.2) is 4.39 Å². The lowest BCUT2D eigenvalue weighted by Gasteiger charge is -2.41. The van der Waals surface area contributed by atoms with Gasteiger partial charge in [-0.15, -0.1) is 12.4 Å². The van der Waals surface area contributed by atoms with Crippen molar-refractivity contribution < 1.29 is 14.0 Å². The zero-order valence-electron chi connectivity index (χ0n) is 12.8. The molecule has 0 bridgehead atoms. The standard InChI is InChI=1S/C16H20FN3O2.ClH/c17-13-5-3-12(4-6-13)16(22)19-8-1-2-14(11-19)20-9-7-18-10-15(20)21;/h3-6,14,18H,1-2,7-11H2;1H. The maximum Gasteiger partial charge on any atom is 0.253 e. The van der Waals surface area contributed by atoms with Crippen LogP contribution in [0.3, 0.4) is 0 Å². The largest absolute Gasteiger partial charge is 0.337 e. The lowest BCUT2D eigenvalue weighted by Crippen LogP contribution is -2.57. The van der Waals surface area contributed by atoms with Gasteiger partial charge in [0.15, 0.2) is 0 Å². The minimum atomic E-state index is -0.348. The van der Waals surface area contributed by atoms with Gasteiger partial charge in [0, 0.05) is 37.8 Å². The highest BCUT2D eigenvalue weighted by molar-refractivity contribution is 5.94. The Bertz CT molecular complexity index is 567. The van der Waals surface area contributed by atoms with E-state index in [0.29, 0.717) is 31.7 Å². The second-order valence-electron chi connectivity index (χ2n) is 5.82. The van der Waals surface area contributed by atoms with Gasteiger partial charge in [-0.3, -0.25) is 9.59 Å². The zero-order chi connectivity index (χ0) is 15.5. The minimum absolute atomic E-state index is 0. The number of hydrogen-bond donors (Lipinski definition) is 1. The van der Waals surface area contributed by atoms with Crippen molar-refractivity contribution >= 4 is 24.2 Å². The van der Waals surface area contributed by atoms with Crippen molar-refractivity contribution in [1.29, 1.82) is 0 Å². The first-order valence-electron chi connectivity index (χ1n) is 7.70. The molecule has 126 valence electrons. The van der Waals surface area contributed by atoms with Crippen LogP contribution in [0.1, 0.15) is 23.2 Å². The highest BCUT2D eigenvalue weighted by atomic mass is 35.5. The van der Waals surface area contributed by atoms with Crippen molar-refractivity contribution in [1.82, 2.24) is 15.1 Å². The van der Waals surface area contributed by atoms with Crippen molar-refractivity contribution in [2.24, 2.45) is 0 Å². The van der Waals surface area contributed by atoms with Crippen LogP contribution >= 0.6 is 12.4 Å². The van der Waals surface area contributed by atoms with Gasteiger partial charge < -0.3 is 15.1 Å². The van der Waals surface area contributed by atoms with E-state index in [1.807, 2.05) is 4.90 Å². The number of piperazine rings is 1. The van der Waals surface area contributed by atoms with E-state index in [9.17, 15) is 14.0 Å². The second-order valence-corrected chi connectivity index (χ2v) is 5.82. The molecule has 1 unspecified atom stereocenters. The molecule has 1 atom stereocenters. The molecule has 2 aliphatic rings. The molecule has 0 radical (unpaired) electrons. The fourth-order valence-electron chi connectivity index (χ4n) is 3.18. The Morgan fingerprint density at radius 3 is 2.65 bits per heavy atom. The maximum absolute atomic E-state index is 13.0. The van der Waals surface area contributed by atoms with Gasteiger partial charge in [-0.05, 0) is 37.1 Å². The van der Waals surface area contributed by atoms with Gasteiger partial charge in [0.2, 0.25) is 5.91 Å². The van der Waals surface area contributed by atoms with Crippen LogP contribution in [-0.2, 0) is 4.79 Å². The van der Waals surface area contributed by atoms with Crippen LogP contribution in [0, 0.1) is 5.82 Å². The highest BCUT2D eigenvalue weighted by Crippen LogP contribution is 2.19. The lowest BCUT2D eigenvalue weighted by molar-refractivity contribution is -0.135. The first-order chi connectivity index (χ1) is 10.6. The smallest absolute Gasteiger partial charge is 0.253 e. The summed E-state index contributed by atoms with van der Waals surface area (Å²) in [6.07, 6.45) is 1.81. The van der Waals surface area contributed by atoms with E-state index in [1.165, 1.54) is 24.3 Å². The molecule has 23 heavy (non-hydrogen) atoms. The van der Waals surface area contributed by atoms with Crippen LogP contribution in [0.5, 0.6) is 0 Å². The molecule has 1 aromatic carbocycles. The van der Waals surface area contributed by atoms with E-state index in [1.54, 1.807) is 4.90 Å². The average molecular weight is 342 g/mol. The van der Waals surface area contributed by atoms with E-state index >= 15 is 0 Å². The molecule has 2 fully saturated rings. The van der Waals surface area contributed by atoms with Crippen molar-refractivity contribution in [2.75, 3.05) is 32.7 Å². The third-order valence-electron chi connectivity index (χ3n) is 4.34. The Kier molecular flexibility index (Phi) is 5.96. The molecule has 1 aromatic rings. The molecule has 2 amide bonds. The number of rotatable bonds is 2. The van der Waals surface area contributed by atoms with Crippen LogP contribution in [0.2, 0.25) is 0 Å². The molecule has 3 rings (SSSR count). The Hall–Kier alpha value is -1.66. The van der Waals surface area contributed by atoms with E-state index in [4.69, 9.17) is 0 Å². The Balaban J connectivity index is 0.00000192. The molecule has 1 N–H and O–H groups in total. The predicted molar refractivity (Wildman–Crippen MR) is 87.2 cm³/mol. The van der Waals surface area contributed by atoms with E-state index in [0.717, 1.165) is 19.4 Å². The number of carbonyl (C=O) groups is 2. The van der Waals surface area contributed by atoms with E-state index < -0.39 is 0 Å². The van der Waals surface area contributed by atoms with E-state index in [2.05, 4.69) is 5.32 Å². The average Bonchev–Trinajstić information content (AvgIpc) is 2.55. The number of benzene rings is 1. The second kappa shape index (κ2) is 7.75. The van der Waals surface area contributed by atoms with Crippen LogP contribution in [0.25, 0.3) is 0 Å². The number of nitrogens with one attached hydrogen (secondary N) is 1. The summed E-state index contributed by atoms with van der Waals surface area (Å²) in [5.41, 5.74) is 0.494. The quantitative estimate of drug-likeness (QED) is 0.881. The summed E-state index contributed by atoms with van der Waals surface area (Å²) in [5.74, 6) is -0.334. The lowest BCUT2D eigenvalue weighted by atomic mass is 10.0.